The van der Waals surface area contributed by atoms with Crippen LogP contribution in [0.3, 0.4) is 0 Å². The lowest BCUT2D eigenvalue weighted by molar-refractivity contribution is -0.132. The van der Waals surface area contributed by atoms with Crippen molar-refractivity contribution in [2.24, 2.45) is 5.41 Å². The van der Waals surface area contributed by atoms with Crippen molar-refractivity contribution >= 4 is 23.0 Å². The molecule has 1 aromatic carbocycles. The van der Waals surface area contributed by atoms with Gasteiger partial charge < -0.3 is 10.1 Å². The maximum Gasteiger partial charge on any atom is 0.407 e. The van der Waals surface area contributed by atoms with Crippen LogP contribution in [0.5, 0.6) is 0 Å². The second kappa shape index (κ2) is 5.37. The Kier molecular flexibility index (Phi) is 3.69. The molecule has 0 atom stereocenters. The summed E-state index contributed by atoms with van der Waals surface area (Å²) in [5.74, 6) is 0.880. The predicted molar refractivity (Wildman–Crippen MR) is 81.9 cm³/mol. The maximum atomic E-state index is 11.8. The third-order valence-corrected chi connectivity index (χ3v) is 5.47. The van der Waals surface area contributed by atoms with E-state index < -0.39 is 0 Å². The Balaban J connectivity index is 1.39. The summed E-state index contributed by atoms with van der Waals surface area (Å²) in [5.41, 5.74) is 1.20. The van der Waals surface area contributed by atoms with E-state index in [1.165, 1.54) is 11.8 Å². The molecule has 0 heterocycles. The van der Waals surface area contributed by atoms with Gasteiger partial charge in [-0.2, -0.15) is 0 Å². The monoisotopic (exact) mass is 305 g/mol. The fourth-order valence-electron chi connectivity index (χ4n) is 3.51. The lowest BCUT2D eigenvalue weighted by Crippen LogP contribution is -2.75. The maximum absolute atomic E-state index is 11.8. The molecule has 0 aromatic heterocycles. The molecule has 3 aliphatic carbocycles. The smallest absolute Gasteiger partial charge is 0.407 e. The summed E-state index contributed by atoms with van der Waals surface area (Å²) in [6.07, 6.45) is 2.58. The molecule has 0 aliphatic heterocycles. The van der Waals surface area contributed by atoms with Gasteiger partial charge in [0.1, 0.15) is 6.61 Å². The molecule has 4 nitrogen and oxygen atoms in total. The highest BCUT2D eigenvalue weighted by Gasteiger charge is 2.68. The number of hydrogen-bond acceptors (Lipinski definition) is 4. The first kappa shape index (κ1) is 14.4. The number of nitrogens with one attached hydrogen (secondary N) is 1. The number of amides is 1. The summed E-state index contributed by atoms with van der Waals surface area (Å²) in [6.45, 7) is 1.90. The molecule has 0 radical (unpaired) electrons. The first-order chi connectivity index (χ1) is 10.0. The Morgan fingerprint density at radius 2 is 1.90 bits per heavy atom. The SMILES string of the molecule is CC(=O)SCC12CC(NC(=O)OCc3ccccc3)(C1)C2. The molecule has 4 rings (SSSR count). The van der Waals surface area contributed by atoms with Gasteiger partial charge in [-0.15, -0.1) is 0 Å². The number of rotatable bonds is 5. The van der Waals surface area contributed by atoms with Crippen LogP contribution >= 0.6 is 11.8 Å². The van der Waals surface area contributed by atoms with Crippen LogP contribution in [0, 0.1) is 5.41 Å². The number of thioether (sulfide) groups is 1. The van der Waals surface area contributed by atoms with E-state index in [4.69, 9.17) is 4.74 Å². The van der Waals surface area contributed by atoms with Gasteiger partial charge in [0.05, 0.1) is 0 Å². The van der Waals surface area contributed by atoms with Crippen molar-refractivity contribution in [2.75, 3.05) is 5.75 Å². The summed E-state index contributed by atoms with van der Waals surface area (Å²) in [7, 11) is 0. The van der Waals surface area contributed by atoms with Crippen LogP contribution in [0.4, 0.5) is 4.79 Å². The van der Waals surface area contributed by atoms with Crippen LogP contribution < -0.4 is 5.32 Å². The minimum Gasteiger partial charge on any atom is -0.445 e. The van der Waals surface area contributed by atoms with E-state index in [1.807, 2.05) is 30.3 Å². The molecule has 0 unspecified atom stereocenters. The molecule has 3 fully saturated rings. The second-order valence-corrected chi connectivity index (χ2v) is 7.43. The Morgan fingerprint density at radius 3 is 2.52 bits per heavy atom. The van der Waals surface area contributed by atoms with Crippen molar-refractivity contribution in [1.82, 2.24) is 5.32 Å². The number of carbonyl (C=O) groups excluding carboxylic acids is 2. The van der Waals surface area contributed by atoms with Crippen LogP contribution in [-0.4, -0.2) is 22.5 Å². The summed E-state index contributed by atoms with van der Waals surface area (Å²) in [4.78, 5) is 22.8. The van der Waals surface area contributed by atoms with Crippen molar-refractivity contribution in [3.8, 4) is 0 Å². The van der Waals surface area contributed by atoms with Crippen molar-refractivity contribution in [1.29, 1.82) is 0 Å². The molecule has 3 aliphatic rings. The fraction of sp³-hybridized carbons (Fsp3) is 0.500. The van der Waals surface area contributed by atoms with Crippen LogP contribution in [0.15, 0.2) is 30.3 Å². The zero-order valence-corrected chi connectivity index (χ0v) is 12.9. The molecule has 21 heavy (non-hydrogen) atoms. The van der Waals surface area contributed by atoms with Crippen molar-refractivity contribution in [3.05, 3.63) is 35.9 Å². The minimum absolute atomic E-state index is 0.0644. The normalized spacial score (nSPS) is 29.0. The van der Waals surface area contributed by atoms with Gasteiger partial charge in [-0.05, 0) is 30.2 Å². The first-order valence-corrected chi connectivity index (χ1v) is 8.12. The van der Waals surface area contributed by atoms with Gasteiger partial charge in [0.2, 0.25) is 0 Å². The summed E-state index contributed by atoms with van der Waals surface area (Å²) < 4.78 is 5.25. The summed E-state index contributed by atoms with van der Waals surface area (Å²) in [5, 5.41) is 3.16. The number of ether oxygens (including phenoxy) is 1. The zero-order chi connectivity index (χ0) is 14.9. The molecule has 2 bridgehead atoms. The molecule has 112 valence electrons. The highest BCUT2D eigenvalue weighted by atomic mass is 32.2. The van der Waals surface area contributed by atoms with E-state index in [1.54, 1.807) is 6.92 Å². The summed E-state index contributed by atoms with van der Waals surface area (Å²) in [6, 6.07) is 9.65. The van der Waals surface area contributed by atoms with Crippen molar-refractivity contribution in [3.63, 3.8) is 0 Å². The number of benzene rings is 1. The molecule has 3 saturated carbocycles. The average molecular weight is 305 g/mol. The van der Waals surface area contributed by atoms with Gasteiger partial charge >= 0.3 is 6.09 Å². The van der Waals surface area contributed by atoms with Crippen molar-refractivity contribution in [2.45, 2.75) is 38.3 Å². The molecular formula is C16H19NO3S. The number of carbonyl (C=O) groups is 2. The fourth-order valence-corrected chi connectivity index (χ4v) is 4.33. The third-order valence-electron chi connectivity index (χ3n) is 4.30. The highest BCUT2D eigenvalue weighted by Crippen LogP contribution is 2.68. The molecule has 5 heteroatoms. The van der Waals surface area contributed by atoms with Gasteiger partial charge in [0, 0.05) is 18.2 Å². The van der Waals surface area contributed by atoms with Gasteiger partial charge in [-0.1, -0.05) is 42.1 Å². The second-order valence-electron chi connectivity index (χ2n) is 6.28. The largest absolute Gasteiger partial charge is 0.445 e. The lowest BCUT2D eigenvalue weighted by Gasteiger charge is -2.70. The average Bonchev–Trinajstić information content (AvgIpc) is 2.38. The Morgan fingerprint density at radius 1 is 1.24 bits per heavy atom. The van der Waals surface area contributed by atoms with Crippen LogP contribution in [0.1, 0.15) is 31.7 Å². The first-order valence-electron chi connectivity index (χ1n) is 7.13. The van der Waals surface area contributed by atoms with Gasteiger partial charge in [-0.25, -0.2) is 4.79 Å². The third kappa shape index (κ3) is 3.07. The standard InChI is InChI=1S/C16H19NO3S/c1-12(18)21-11-15-8-16(9-15,10-15)17-14(19)20-7-13-5-3-2-4-6-13/h2-6H,7-11H2,1H3,(H,17,19). The van der Waals surface area contributed by atoms with E-state index in [0.29, 0.717) is 6.61 Å². The van der Waals surface area contributed by atoms with Gasteiger partial charge in [0.15, 0.2) is 5.12 Å². The molecule has 0 spiro atoms. The molecule has 1 N–H and O–H groups in total. The van der Waals surface area contributed by atoms with Gasteiger partial charge in [0.25, 0.3) is 0 Å². The number of hydrogen-bond donors (Lipinski definition) is 1. The van der Waals surface area contributed by atoms with E-state index in [2.05, 4.69) is 5.32 Å². The van der Waals surface area contributed by atoms with Crippen LogP contribution in [0.25, 0.3) is 0 Å². The highest BCUT2D eigenvalue weighted by molar-refractivity contribution is 8.13. The Labute approximate surface area is 128 Å². The van der Waals surface area contributed by atoms with E-state index in [9.17, 15) is 9.59 Å². The van der Waals surface area contributed by atoms with E-state index >= 15 is 0 Å². The topological polar surface area (TPSA) is 55.4 Å². The van der Waals surface area contributed by atoms with Crippen molar-refractivity contribution < 1.29 is 14.3 Å². The van der Waals surface area contributed by atoms with E-state index in [-0.39, 0.29) is 22.2 Å². The van der Waals surface area contributed by atoms with Crippen LogP contribution in [-0.2, 0) is 16.1 Å². The molecule has 1 amide bonds. The molecule has 0 saturated heterocycles. The minimum atomic E-state index is -0.341. The molecule has 1 aromatic rings. The summed E-state index contributed by atoms with van der Waals surface area (Å²) >= 11 is 1.39. The van der Waals surface area contributed by atoms with Gasteiger partial charge in [-0.3, -0.25) is 4.79 Å². The zero-order valence-electron chi connectivity index (χ0n) is 12.1. The quantitative estimate of drug-likeness (QED) is 0.908. The predicted octanol–water partition coefficient (Wildman–Crippen LogP) is 3.12. The lowest BCUT2D eigenvalue weighted by atomic mass is 9.40. The number of alkyl carbamates (subject to hydrolysis) is 1. The molecular weight excluding hydrogens is 286 g/mol. The van der Waals surface area contributed by atoms with Crippen LogP contribution in [0.2, 0.25) is 0 Å². The Bertz CT molecular complexity index is 538. The Hall–Kier alpha value is -1.49. The van der Waals surface area contributed by atoms with E-state index in [0.717, 1.165) is 30.6 Å².